The minimum Gasteiger partial charge on any atom is -0.496 e. The lowest BCUT2D eigenvalue weighted by molar-refractivity contribution is 0.0689. The van der Waals surface area contributed by atoms with Crippen LogP contribution in [-0.2, 0) is 6.42 Å². The average molecular weight is 346 g/mol. The normalized spacial score (nSPS) is 10.3. The van der Waals surface area contributed by atoms with Gasteiger partial charge in [0.05, 0.1) is 14.2 Å². The fraction of sp³-hybridized carbons (Fsp3) is 0.588. The summed E-state index contributed by atoms with van der Waals surface area (Å²) >= 11 is 0. The van der Waals surface area contributed by atoms with E-state index in [1.54, 1.807) is 6.07 Å². The van der Waals surface area contributed by atoms with Crippen LogP contribution in [-0.4, -0.2) is 49.8 Å². The molecule has 0 spiro atoms. The first kappa shape index (κ1) is 21.5. The van der Waals surface area contributed by atoms with Gasteiger partial charge in [0.1, 0.15) is 17.1 Å². The van der Waals surface area contributed by atoms with Crippen LogP contribution < -0.4 is 9.47 Å². The van der Waals surface area contributed by atoms with Crippen LogP contribution in [0.4, 0.5) is 0 Å². The van der Waals surface area contributed by atoms with Crippen molar-refractivity contribution in [1.82, 2.24) is 4.90 Å². The molecule has 0 aliphatic rings. The van der Waals surface area contributed by atoms with E-state index in [4.69, 9.17) is 9.47 Å². The zero-order valence-corrected chi connectivity index (χ0v) is 15.2. The molecule has 0 fully saturated rings. The standard InChI is InChI=1S/C17H27NO4.ClH/c1-5-10-18(11-6-2)12-9-13-7-8-14(21-3)15(17(19)20)16(13)22-4;/h7-8H,5-6,9-12H2,1-4H3,(H,19,20);1H. The number of ether oxygens (including phenoxy) is 2. The van der Waals surface area contributed by atoms with E-state index in [0.29, 0.717) is 11.5 Å². The van der Waals surface area contributed by atoms with Gasteiger partial charge in [-0.15, -0.1) is 12.4 Å². The number of halogens is 1. The summed E-state index contributed by atoms with van der Waals surface area (Å²) in [6.07, 6.45) is 2.98. The first-order chi connectivity index (χ1) is 10.6. The van der Waals surface area contributed by atoms with Crippen molar-refractivity contribution in [3.63, 3.8) is 0 Å². The summed E-state index contributed by atoms with van der Waals surface area (Å²) in [6, 6.07) is 3.59. The highest BCUT2D eigenvalue weighted by atomic mass is 35.5. The van der Waals surface area contributed by atoms with Crippen molar-refractivity contribution in [3.8, 4) is 11.5 Å². The number of carbonyl (C=O) groups is 1. The van der Waals surface area contributed by atoms with Crippen molar-refractivity contribution < 1.29 is 19.4 Å². The smallest absolute Gasteiger partial charge is 0.343 e. The summed E-state index contributed by atoms with van der Waals surface area (Å²) in [7, 11) is 2.96. The second kappa shape index (κ2) is 11.1. The Balaban J connectivity index is 0.00000484. The summed E-state index contributed by atoms with van der Waals surface area (Å²) < 4.78 is 10.5. The lowest BCUT2D eigenvalue weighted by Crippen LogP contribution is -2.28. The van der Waals surface area contributed by atoms with E-state index < -0.39 is 5.97 Å². The molecule has 6 heteroatoms. The topological polar surface area (TPSA) is 59.0 Å². The van der Waals surface area contributed by atoms with Crippen LogP contribution in [0.1, 0.15) is 42.6 Å². The molecule has 0 atom stereocenters. The van der Waals surface area contributed by atoms with E-state index in [0.717, 1.165) is 44.5 Å². The van der Waals surface area contributed by atoms with E-state index in [1.807, 2.05) is 6.07 Å². The molecule has 132 valence electrons. The Kier molecular flexibility index (Phi) is 10.4. The van der Waals surface area contributed by atoms with Crippen LogP contribution in [0.25, 0.3) is 0 Å². The number of hydrogen-bond donors (Lipinski definition) is 1. The first-order valence-corrected chi connectivity index (χ1v) is 7.78. The average Bonchev–Trinajstić information content (AvgIpc) is 2.51. The molecule has 0 aliphatic carbocycles. The first-order valence-electron chi connectivity index (χ1n) is 7.78. The van der Waals surface area contributed by atoms with E-state index in [2.05, 4.69) is 18.7 Å². The van der Waals surface area contributed by atoms with Crippen LogP contribution in [0.2, 0.25) is 0 Å². The van der Waals surface area contributed by atoms with Gasteiger partial charge < -0.3 is 19.5 Å². The minimum atomic E-state index is -1.03. The van der Waals surface area contributed by atoms with Crippen molar-refractivity contribution in [2.75, 3.05) is 33.9 Å². The number of methoxy groups -OCH3 is 2. The molecule has 0 aliphatic heterocycles. The van der Waals surface area contributed by atoms with Gasteiger partial charge in [-0.3, -0.25) is 0 Å². The molecule has 0 radical (unpaired) electrons. The summed E-state index contributed by atoms with van der Waals surface area (Å²) in [5.41, 5.74) is 0.998. The van der Waals surface area contributed by atoms with Crippen molar-refractivity contribution >= 4 is 18.4 Å². The minimum absolute atomic E-state index is 0. The Labute approximate surface area is 145 Å². The quantitative estimate of drug-likeness (QED) is 0.703. The molecule has 1 aromatic rings. The molecule has 1 N–H and O–H groups in total. The molecular formula is C17H28ClNO4. The number of aromatic carboxylic acids is 1. The van der Waals surface area contributed by atoms with Crippen LogP contribution >= 0.6 is 12.4 Å². The number of carboxylic acids is 1. The number of rotatable bonds is 10. The third-order valence-electron chi connectivity index (χ3n) is 3.62. The number of carboxylic acid groups (broad SMARTS) is 1. The van der Waals surface area contributed by atoms with Gasteiger partial charge in [0.15, 0.2) is 0 Å². The molecule has 0 bridgehead atoms. The second-order valence-corrected chi connectivity index (χ2v) is 5.23. The highest BCUT2D eigenvalue weighted by Crippen LogP contribution is 2.32. The van der Waals surface area contributed by atoms with Gasteiger partial charge in [-0.05, 0) is 44.0 Å². The largest absolute Gasteiger partial charge is 0.496 e. The molecule has 0 unspecified atom stereocenters. The van der Waals surface area contributed by atoms with Crippen molar-refractivity contribution in [2.45, 2.75) is 33.1 Å². The Morgan fingerprint density at radius 1 is 1.09 bits per heavy atom. The van der Waals surface area contributed by atoms with Gasteiger partial charge in [0.2, 0.25) is 0 Å². The van der Waals surface area contributed by atoms with Gasteiger partial charge in [-0.2, -0.15) is 0 Å². The molecule has 1 rings (SSSR count). The molecule has 0 amide bonds. The van der Waals surface area contributed by atoms with Crippen LogP contribution in [0, 0.1) is 0 Å². The third-order valence-corrected chi connectivity index (χ3v) is 3.62. The molecule has 23 heavy (non-hydrogen) atoms. The summed E-state index contributed by atoms with van der Waals surface area (Å²) in [4.78, 5) is 13.9. The summed E-state index contributed by atoms with van der Waals surface area (Å²) in [5, 5.41) is 9.41. The van der Waals surface area contributed by atoms with Crippen LogP contribution in [0.15, 0.2) is 12.1 Å². The Hall–Kier alpha value is -1.46. The third kappa shape index (κ3) is 5.92. The highest BCUT2D eigenvalue weighted by Gasteiger charge is 2.21. The highest BCUT2D eigenvalue weighted by molar-refractivity contribution is 5.94. The Morgan fingerprint density at radius 3 is 2.13 bits per heavy atom. The van der Waals surface area contributed by atoms with Gasteiger partial charge in [0, 0.05) is 6.54 Å². The van der Waals surface area contributed by atoms with E-state index in [9.17, 15) is 9.90 Å². The monoisotopic (exact) mass is 345 g/mol. The lowest BCUT2D eigenvalue weighted by Gasteiger charge is -2.22. The van der Waals surface area contributed by atoms with E-state index in [1.165, 1.54) is 14.2 Å². The molecule has 0 aromatic heterocycles. The Morgan fingerprint density at radius 2 is 1.70 bits per heavy atom. The predicted molar refractivity (Wildman–Crippen MR) is 94.5 cm³/mol. The van der Waals surface area contributed by atoms with Gasteiger partial charge in [-0.1, -0.05) is 19.9 Å². The molecule has 5 nitrogen and oxygen atoms in total. The van der Waals surface area contributed by atoms with E-state index in [-0.39, 0.29) is 18.0 Å². The zero-order chi connectivity index (χ0) is 16.5. The molecule has 0 saturated heterocycles. The molecule has 0 saturated carbocycles. The van der Waals surface area contributed by atoms with Crippen LogP contribution in [0.5, 0.6) is 11.5 Å². The van der Waals surface area contributed by atoms with Gasteiger partial charge in [0.25, 0.3) is 0 Å². The fourth-order valence-corrected chi connectivity index (χ4v) is 2.66. The van der Waals surface area contributed by atoms with Crippen molar-refractivity contribution in [2.24, 2.45) is 0 Å². The van der Waals surface area contributed by atoms with Gasteiger partial charge in [-0.25, -0.2) is 4.79 Å². The zero-order valence-electron chi connectivity index (χ0n) is 14.4. The Bertz CT molecular complexity index is 488. The van der Waals surface area contributed by atoms with Crippen LogP contribution in [0.3, 0.4) is 0 Å². The SMILES string of the molecule is CCCN(CCC)CCc1ccc(OC)c(C(=O)O)c1OC.Cl. The van der Waals surface area contributed by atoms with Gasteiger partial charge >= 0.3 is 5.97 Å². The molecule has 1 aromatic carbocycles. The molecular weight excluding hydrogens is 318 g/mol. The second-order valence-electron chi connectivity index (χ2n) is 5.23. The number of benzene rings is 1. The predicted octanol–water partition coefficient (Wildman–Crippen LogP) is 3.49. The fourth-order valence-electron chi connectivity index (χ4n) is 2.66. The molecule has 0 heterocycles. The maximum absolute atomic E-state index is 11.5. The maximum atomic E-state index is 11.5. The van der Waals surface area contributed by atoms with Crippen molar-refractivity contribution in [1.29, 1.82) is 0 Å². The summed E-state index contributed by atoms with van der Waals surface area (Å²) in [5.74, 6) is -0.304. The summed E-state index contributed by atoms with van der Waals surface area (Å²) in [6.45, 7) is 7.33. The van der Waals surface area contributed by atoms with Crippen molar-refractivity contribution in [3.05, 3.63) is 23.3 Å². The maximum Gasteiger partial charge on any atom is 0.343 e. The number of nitrogens with zero attached hydrogens (tertiary/aromatic N) is 1. The lowest BCUT2D eigenvalue weighted by atomic mass is 10.0. The van der Waals surface area contributed by atoms with E-state index >= 15 is 0 Å². The number of hydrogen-bond acceptors (Lipinski definition) is 4.